The van der Waals surface area contributed by atoms with Gasteiger partial charge >= 0.3 is 0 Å². The fourth-order valence-electron chi connectivity index (χ4n) is 3.66. The van der Waals surface area contributed by atoms with E-state index in [0.29, 0.717) is 0 Å². The summed E-state index contributed by atoms with van der Waals surface area (Å²) in [6.07, 6.45) is -21.3. The lowest BCUT2D eigenvalue weighted by Gasteiger charge is -2.47. The van der Waals surface area contributed by atoms with Gasteiger partial charge in [0.05, 0.1) is 19.3 Å². The Labute approximate surface area is 176 Å². The highest BCUT2D eigenvalue weighted by atomic mass is 16.8. The van der Waals surface area contributed by atoms with Gasteiger partial charge in [-0.3, -0.25) is 0 Å². The summed E-state index contributed by atoms with van der Waals surface area (Å²) < 4.78 is 26.7. The molecule has 3 heterocycles. The van der Waals surface area contributed by atoms with E-state index in [9.17, 15) is 46.0 Å². The third-order valence-electron chi connectivity index (χ3n) is 5.69. The van der Waals surface area contributed by atoms with Crippen LogP contribution in [0.2, 0.25) is 0 Å². The maximum absolute atomic E-state index is 10.5. The molecule has 0 aromatic heterocycles. The van der Waals surface area contributed by atoms with Crippen molar-refractivity contribution in [3.05, 3.63) is 0 Å². The highest BCUT2D eigenvalue weighted by Gasteiger charge is 2.52. The van der Waals surface area contributed by atoms with E-state index in [1.165, 1.54) is 6.92 Å². The zero-order chi connectivity index (χ0) is 23.0. The van der Waals surface area contributed by atoms with Crippen molar-refractivity contribution in [2.75, 3.05) is 13.2 Å². The Morgan fingerprint density at radius 1 is 0.710 bits per heavy atom. The minimum atomic E-state index is -1.73. The number of hydrogen-bond acceptors (Lipinski definition) is 14. The lowest BCUT2D eigenvalue weighted by Crippen LogP contribution is -2.65. The van der Waals surface area contributed by atoms with E-state index in [1.807, 2.05) is 0 Å². The fourth-order valence-corrected chi connectivity index (χ4v) is 3.66. The number of rotatable bonds is 5. The molecule has 0 amide bonds. The van der Waals surface area contributed by atoms with Crippen LogP contribution in [-0.2, 0) is 23.7 Å². The maximum atomic E-state index is 10.5. The molecular formula is C17H30O14. The Bertz CT molecular complexity index is 581. The lowest BCUT2D eigenvalue weighted by molar-refractivity contribution is -0.379. The highest BCUT2D eigenvalue weighted by Crippen LogP contribution is 2.31. The summed E-state index contributed by atoms with van der Waals surface area (Å²) in [5.41, 5.74) is 0. The van der Waals surface area contributed by atoms with Crippen molar-refractivity contribution in [1.82, 2.24) is 0 Å². The van der Waals surface area contributed by atoms with Gasteiger partial charge in [-0.15, -0.1) is 0 Å². The van der Waals surface area contributed by atoms with Crippen LogP contribution in [0.4, 0.5) is 0 Å². The minimum absolute atomic E-state index is 0.376. The topological polar surface area (TPSA) is 228 Å². The Morgan fingerprint density at radius 2 is 1.39 bits per heavy atom. The second kappa shape index (κ2) is 10.1. The molecule has 14 atom stereocenters. The third-order valence-corrected chi connectivity index (χ3v) is 5.69. The van der Waals surface area contributed by atoms with Gasteiger partial charge in [0.15, 0.2) is 18.9 Å². The molecule has 9 N–H and O–H groups in total. The second-order valence-electron chi connectivity index (χ2n) is 7.87. The van der Waals surface area contributed by atoms with E-state index in [0.717, 1.165) is 0 Å². The fraction of sp³-hybridized carbons (Fsp3) is 1.00. The van der Waals surface area contributed by atoms with Gasteiger partial charge in [0.1, 0.15) is 61.0 Å². The molecule has 0 aliphatic carbocycles. The van der Waals surface area contributed by atoms with Gasteiger partial charge in [0, 0.05) is 0 Å². The van der Waals surface area contributed by atoms with Crippen molar-refractivity contribution in [1.29, 1.82) is 0 Å². The smallest absolute Gasteiger partial charge is 0.187 e. The van der Waals surface area contributed by atoms with E-state index < -0.39 is 92.6 Å². The quantitative estimate of drug-likeness (QED) is 0.187. The largest absolute Gasteiger partial charge is 0.394 e. The van der Waals surface area contributed by atoms with Gasteiger partial charge in [-0.1, -0.05) is 0 Å². The first kappa shape index (κ1) is 25.1. The van der Waals surface area contributed by atoms with Crippen LogP contribution in [0, 0.1) is 0 Å². The number of aliphatic hydroxyl groups is 9. The molecule has 14 heteroatoms. The van der Waals surface area contributed by atoms with Crippen molar-refractivity contribution in [3.63, 3.8) is 0 Å². The molecule has 31 heavy (non-hydrogen) atoms. The third kappa shape index (κ3) is 5.02. The van der Waals surface area contributed by atoms with Crippen molar-refractivity contribution < 1.29 is 69.6 Å². The number of hydrogen-bond donors (Lipinski definition) is 9. The molecule has 0 unspecified atom stereocenters. The van der Waals surface area contributed by atoms with Gasteiger partial charge in [0.25, 0.3) is 0 Å². The van der Waals surface area contributed by atoms with Gasteiger partial charge in [-0.05, 0) is 6.92 Å². The Hall–Kier alpha value is -0.560. The van der Waals surface area contributed by atoms with Crippen LogP contribution in [0.15, 0.2) is 0 Å². The standard InChI is InChI=1S/C17H30O14/c1-4-7(19)10(22)13(25)16(28-4)31-14-11(23)8(20)5(2-18)29-17(14)30-6-3-27-15(26)12(24)9(6)21/h4-26H,2-3H2,1H3/t4-,5+,6+,7+,8-,9-,10+,11-,12+,13-,14+,15+,16-,17-/m0/s1. The van der Waals surface area contributed by atoms with Gasteiger partial charge < -0.3 is 69.6 Å². The van der Waals surface area contributed by atoms with Crippen LogP contribution in [0.3, 0.4) is 0 Å². The second-order valence-corrected chi connectivity index (χ2v) is 7.87. The number of ether oxygens (including phenoxy) is 5. The predicted molar refractivity (Wildman–Crippen MR) is 93.8 cm³/mol. The predicted octanol–water partition coefficient (Wildman–Crippen LogP) is -5.91. The average Bonchev–Trinajstić information content (AvgIpc) is 2.75. The molecule has 14 nitrogen and oxygen atoms in total. The van der Waals surface area contributed by atoms with Gasteiger partial charge in [0.2, 0.25) is 0 Å². The van der Waals surface area contributed by atoms with Crippen LogP contribution >= 0.6 is 0 Å². The Morgan fingerprint density at radius 3 is 2.03 bits per heavy atom. The van der Waals surface area contributed by atoms with Crippen molar-refractivity contribution in [3.8, 4) is 0 Å². The molecule has 0 spiro atoms. The van der Waals surface area contributed by atoms with Crippen molar-refractivity contribution >= 4 is 0 Å². The van der Waals surface area contributed by atoms with E-state index in [4.69, 9.17) is 23.7 Å². The molecule has 3 aliphatic rings. The summed E-state index contributed by atoms with van der Waals surface area (Å²) in [6.45, 7) is 0.330. The first-order valence-corrected chi connectivity index (χ1v) is 9.85. The highest BCUT2D eigenvalue weighted by molar-refractivity contribution is 4.94. The van der Waals surface area contributed by atoms with E-state index in [-0.39, 0.29) is 6.61 Å². The number of aliphatic hydroxyl groups excluding tert-OH is 9. The molecule has 0 radical (unpaired) electrons. The molecule has 3 fully saturated rings. The van der Waals surface area contributed by atoms with Crippen molar-refractivity contribution in [2.24, 2.45) is 0 Å². The zero-order valence-corrected chi connectivity index (χ0v) is 16.6. The average molecular weight is 458 g/mol. The summed E-state index contributed by atoms with van der Waals surface area (Å²) in [6, 6.07) is 0. The first-order valence-electron chi connectivity index (χ1n) is 9.85. The van der Waals surface area contributed by atoms with E-state index in [2.05, 4.69) is 0 Å². The molecule has 0 saturated carbocycles. The van der Waals surface area contributed by atoms with Crippen molar-refractivity contribution in [2.45, 2.75) is 92.9 Å². The Kier molecular flexibility index (Phi) is 8.21. The molecular weight excluding hydrogens is 428 g/mol. The molecule has 0 bridgehead atoms. The van der Waals surface area contributed by atoms with Crippen LogP contribution in [-0.4, -0.2) is 145 Å². The summed E-state index contributed by atoms with van der Waals surface area (Å²) >= 11 is 0. The molecule has 3 rings (SSSR count). The monoisotopic (exact) mass is 458 g/mol. The zero-order valence-electron chi connectivity index (χ0n) is 16.6. The SMILES string of the molecule is C[C@@H]1O[C@@H](O[C@H]2[C@H](O[C@@H]3CO[C@@H](O)[C@H](O)[C@H]3O)O[C@H](CO)[C@H](O)[C@@H]2O)[C@@H](O)[C@H](O)[C@@H]1O. The van der Waals surface area contributed by atoms with Crippen LogP contribution in [0.5, 0.6) is 0 Å². The Balaban J connectivity index is 1.77. The summed E-state index contributed by atoms with van der Waals surface area (Å²) in [5, 5.41) is 89.4. The van der Waals surface area contributed by atoms with Crippen LogP contribution in [0.25, 0.3) is 0 Å². The molecule has 182 valence electrons. The molecule has 3 saturated heterocycles. The molecule has 0 aromatic rings. The molecule has 0 aromatic carbocycles. The van der Waals surface area contributed by atoms with E-state index >= 15 is 0 Å². The normalized spacial score (nSPS) is 54.0. The van der Waals surface area contributed by atoms with Gasteiger partial charge in [-0.2, -0.15) is 0 Å². The van der Waals surface area contributed by atoms with Crippen LogP contribution in [0.1, 0.15) is 6.92 Å². The summed E-state index contributed by atoms with van der Waals surface area (Å²) in [7, 11) is 0. The van der Waals surface area contributed by atoms with E-state index in [1.54, 1.807) is 0 Å². The van der Waals surface area contributed by atoms with Gasteiger partial charge in [-0.25, -0.2) is 0 Å². The molecule has 3 aliphatic heterocycles. The summed E-state index contributed by atoms with van der Waals surface area (Å²) in [5.74, 6) is 0. The maximum Gasteiger partial charge on any atom is 0.187 e. The lowest BCUT2D eigenvalue weighted by atomic mass is 9.97. The minimum Gasteiger partial charge on any atom is -0.394 e. The first-order chi connectivity index (χ1) is 14.6. The summed E-state index contributed by atoms with van der Waals surface area (Å²) in [4.78, 5) is 0. The van der Waals surface area contributed by atoms with Crippen LogP contribution < -0.4 is 0 Å².